The van der Waals surface area contributed by atoms with Crippen molar-refractivity contribution in [2.75, 3.05) is 13.2 Å². The third kappa shape index (κ3) is 2.99. The van der Waals surface area contributed by atoms with E-state index >= 15 is 0 Å². The fraction of sp³-hybridized carbons (Fsp3) is 0.400. The lowest BCUT2D eigenvalue weighted by Crippen LogP contribution is -2.39. The van der Waals surface area contributed by atoms with Gasteiger partial charge < -0.3 is 10.4 Å². The van der Waals surface area contributed by atoms with Crippen molar-refractivity contribution >= 4 is 5.91 Å². The van der Waals surface area contributed by atoms with Gasteiger partial charge in [-0.3, -0.25) is 9.78 Å². The quantitative estimate of drug-likeness (QED) is 0.599. The van der Waals surface area contributed by atoms with Crippen molar-refractivity contribution in [1.82, 2.24) is 25.5 Å². The third-order valence-electron chi connectivity index (χ3n) is 7.59. The maximum absolute atomic E-state index is 14.5. The van der Waals surface area contributed by atoms with Crippen LogP contribution in [0.1, 0.15) is 65.7 Å². The summed E-state index contributed by atoms with van der Waals surface area (Å²) >= 11 is 0. The second-order valence-electron chi connectivity index (χ2n) is 9.52. The highest BCUT2D eigenvalue weighted by atomic mass is 19.1. The number of carbonyl (C=O) groups is 1. The predicted molar refractivity (Wildman–Crippen MR) is 120 cm³/mol. The molecule has 1 aromatic carbocycles. The zero-order chi connectivity index (χ0) is 24.3. The number of nitrogens with zero attached hydrogens (tertiary/aromatic N) is 4. The Morgan fingerprint density at radius 1 is 1.21 bits per heavy atom. The number of hydrogen-bond donors (Lipinski definition) is 2. The lowest BCUT2D eigenvalue weighted by molar-refractivity contribution is 0.0938. The van der Waals surface area contributed by atoms with Crippen LogP contribution >= 0.6 is 0 Å². The van der Waals surface area contributed by atoms with Crippen LogP contribution in [0.4, 0.5) is 8.78 Å². The normalized spacial score (nSPS) is 22.0. The molecule has 0 saturated heterocycles. The zero-order valence-corrected chi connectivity index (χ0v) is 19.2. The molecule has 2 bridgehead atoms. The molecular formula is C25H25F2N5O2. The van der Waals surface area contributed by atoms with Crippen molar-refractivity contribution in [2.45, 2.75) is 44.9 Å². The Hall–Kier alpha value is -3.33. The molecule has 2 atom stereocenters. The maximum atomic E-state index is 14.5. The molecule has 34 heavy (non-hydrogen) atoms. The molecule has 0 aliphatic heterocycles. The molecule has 9 heteroatoms. The summed E-state index contributed by atoms with van der Waals surface area (Å²) < 4.78 is 28.9. The first kappa shape index (κ1) is 22.5. The Kier molecular flexibility index (Phi) is 5.20. The van der Waals surface area contributed by atoms with Crippen molar-refractivity contribution in [3.8, 4) is 11.3 Å². The number of benzene rings is 1. The number of rotatable bonds is 5. The molecule has 176 valence electrons. The fourth-order valence-electron chi connectivity index (χ4n) is 5.94. The highest BCUT2D eigenvalue weighted by Gasteiger charge is 2.65. The summed E-state index contributed by atoms with van der Waals surface area (Å²) in [5.41, 5.74) is 2.13. The van der Waals surface area contributed by atoms with Crippen LogP contribution in [0.25, 0.3) is 11.3 Å². The van der Waals surface area contributed by atoms with Gasteiger partial charge in [-0.2, -0.15) is 5.10 Å². The minimum Gasteiger partial charge on any atom is -0.395 e. The summed E-state index contributed by atoms with van der Waals surface area (Å²) in [7, 11) is 0. The van der Waals surface area contributed by atoms with Gasteiger partial charge in [0.2, 0.25) is 0 Å². The van der Waals surface area contributed by atoms with Crippen LogP contribution in [0.5, 0.6) is 0 Å². The first-order valence-electron chi connectivity index (χ1n) is 11.3. The van der Waals surface area contributed by atoms with E-state index in [9.17, 15) is 13.6 Å². The molecule has 1 saturated carbocycles. The fourth-order valence-corrected chi connectivity index (χ4v) is 5.94. The van der Waals surface area contributed by atoms with Crippen LogP contribution in [-0.2, 0) is 5.41 Å². The van der Waals surface area contributed by atoms with Crippen molar-refractivity contribution in [3.63, 3.8) is 0 Å². The first-order valence-corrected chi connectivity index (χ1v) is 11.3. The van der Waals surface area contributed by atoms with E-state index in [0.29, 0.717) is 11.4 Å². The summed E-state index contributed by atoms with van der Waals surface area (Å²) in [5, 5.41) is 20.4. The van der Waals surface area contributed by atoms with Gasteiger partial charge in [0, 0.05) is 6.54 Å². The zero-order valence-electron chi connectivity index (χ0n) is 19.2. The van der Waals surface area contributed by atoms with E-state index in [1.807, 2.05) is 6.92 Å². The first-order chi connectivity index (χ1) is 16.2. The molecule has 1 amide bonds. The number of halogens is 2. The molecule has 0 spiro atoms. The van der Waals surface area contributed by atoms with E-state index in [1.165, 1.54) is 24.4 Å². The highest BCUT2D eigenvalue weighted by Crippen LogP contribution is 2.69. The van der Waals surface area contributed by atoms with Gasteiger partial charge in [0.25, 0.3) is 5.91 Å². The number of aliphatic hydroxyl groups excluding tert-OH is 1. The monoisotopic (exact) mass is 465 g/mol. The second kappa shape index (κ2) is 7.87. The van der Waals surface area contributed by atoms with Crippen molar-refractivity contribution < 1.29 is 18.7 Å². The van der Waals surface area contributed by atoms with Gasteiger partial charge in [-0.1, -0.05) is 19.9 Å². The number of carbonyl (C=O) groups excluding carboxylic acids is 1. The van der Waals surface area contributed by atoms with Gasteiger partial charge >= 0.3 is 0 Å². The number of aryl methyl sites for hydroxylation is 1. The molecule has 7 nitrogen and oxygen atoms in total. The van der Waals surface area contributed by atoms with E-state index < -0.39 is 23.0 Å². The summed E-state index contributed by atoms with van der Waals surface area (Å²) in [6.45, 7) is 6.06. The van der Waals surface area contributed by atoms with E-state index in [0.717, 1.165) is 24.1 Å². The van der Waals surface area contributed by atoms with Crippen LogP contribution in [0, 0.1) is 24.0 Å². The average Bonchev–Trinajstić information content (AvgIpc) is 3.18. The van der Waals surface area contributed by atoms with E-state index in [1.54, 1.807) is 6.07 Å². The van der Waals surface area contributed by atoms with Crippen molar-refractivity contribution in [2.24, 2.45) is 5.41 Å². The van der Waals surface area contributed by atoms with Gasteiger partial charge in [-0.15, -0.1) is 5.10 Å². The van der Waals surface area contributed by atoms with E-state index in [4.69, 9.17) is 10.1 Å². The van der Waals surface area contributed by atoms with Gasteiger partial charge in [-0.05, 0) is 54.9 Å². The number of aliphatic hydroxyl groups is 1. The molecule has 2 N–H and O–H groups in total. The van der Waals surface area contributed by atoms with Crippen LogP contribution in [-0.4, -0.2) is 44.3 Å². The Morgan fingerprint density at radius 3 is 2.65 bits per heavy atom. The van der Waals surface area contributed by atoms with Crippen LogP contribution in [0.15, 0.2) is 30.5 Å². The molecule has 1 fully saturated rings. The van der Waals surface area contributed by atoms with Crippen LogP contribution in [0.2, 0.25) is 0 Å². The molecule has 0 radical (unpaired) electrons. The third-order valence-corrected chi connectivity index (χ3v) is 7.59. The molecule has 2 aromatic heterocycles. The van der Waals surface area contributed by atoms with Crippen LogP contribution in [0.3, 0.4) is 0 Å². The number of amides is 1. The van der Waals surface area contributed by atoms with Crippen molar-refractivity contribution in [3.05, 3.63) is 70.4 Å². The number of nitrogens with one attached hydrogen (secondary N) is 1. The summed E-state index contributed by atoms with van der Waals surface area (Å²) in [4.78, 5) is 21.7. The SMILES string of the molecule is Cc1ncc(C(=O)NCCO)nc1C12CC[C@@H](c3cc(-c4c(F)cccc4F)nnc31)C2(C)C. The predicted octanol–water partition coefficient (Wildman–Crippen LogP) is 3.45. The average molecular weight is 466 g/mol. The molecule has 5 rings (SSSR count). The van der Waals surface area contributed by atoms with Crippen molar-refractivity contribution in [1.29, 1.82) is 0 Å². The smallest absolute Gasteiger partial charge is 0.271 e. The molecule has 2 aliphatic carbocycles. The molecular weight excluding hydrogens is 440 g/mol. The summed E-state index contributed by atoms with van der Waals surface area (Å²) in [6.07, 6.45) is 3.01. The van der Waals surface area contributed by atoms with Gasteiger partial charge in [0.15, 0.2) is 0 Å². The minimum atomic E-state index is -0.685. The molecule has 1 unspecified atom stereocenters. The van der Waals surface area contributed by atoms with Gasteiger partial charge in [0.1, 0.15) is 17.3 Å². The molecule has 3 aromatic rings. The number of fused-ring (bicyclic) bond motifs is 5. The number of hydrogen-bond acceptors (Lipinski definition) is 6. The van der Waals surface area contributed by atoms with Gasteiger partial charge in [-0.25, -0.2) is 13.8 Å². The molecule has 2 aliphatic rings. The largest absolute Gasteiger partial charge is 0.395 e. The standard InChI is InChI=1S/C25H25F2N5O2/c1-13-21(30-19(12-29-13)23(34)28-9-10-33)25-8-7-15(24(25,2)3)14-11-18(31-32-22(14)25)20-16(26)5-4-6-17(20)27/h4-6,11-12,15,33H,7-10H2,1-3H3,(H,28,34)/t15-,25?/m0/s1. The Labute approximate surface area is 195 Å². The Balaban J connectivity index is 1.67. The maximum Gasteiger partial charge on any atom is 0.271 e. The second-order valence-corrected chi connectivity index (χ2v) is 9.52. The highest BCUT2D eigenvalue weighted by molar-refractivity contribution is 5.92. The number of aromatic nitrogens is 4. The topological polar surface area (TPSA) is 101 Å². The Morgan fingerprint density at radius 2 is 1.94 bits per heavy atom. The minimum absolute atomic E-state index is 0.0830. The summed E-state index contributed by atoms with van der Waals surface area (Å²) in [5.74, 6) is -1.70. The van der Waals surface area contributed by atoms with Crippen LogP contribution < -0.4 is 5.32 Å². The molecule has 2 heterocycles. The lowest BCUT2D eigenvalue weighted by Gasteiger charge is -2.38. The van der Waals surface area contributed by atoms with Gasteiger partial charge in [0.05, 0.1) is 46.6 Å². The summed E-state index contributed by atoms with van der Waals surface area (Å²) in [6, 6.07) is 5.48. The Bertz CT molecular complexity index is 1290. The lowest BCUT2D eigenvalue weighted by atomic mass is 9.66. The van der Waals surface area contributed by atoms with E-state index in [2.05, 4.69) is 34.3 Å². The van der Waals surface area contributed by atoms with E-state index in [-0.39, 0.29) is 41.4 Å².